The zero-order valence-corrected chi connectivity index (χ0v) is 19.0. The number of pyridine rings is 2. The first-order valence-corrected chi connectivity index (χ1v) is 10.5. The molecule has 35 heavy (non-hydrogen) atoms. The minimum Gasteiger partial charge on any atom is -0.357 e. The summed E-state index contributed by atoms with van der Waals surface area (Å²) >= 11 is 0. The van der Waals surface area contributed by atoms with Crippen molar-refractivity contribution in [2.45, 2.75) is 26.1 Å². The third-order valence-corrected chi connectivity index (χ3v) is 5.37. The lowest BCUT2D eigenvalue weighted by Gasteiger charge is -2.25. The number of amides is 1. The van der Waals surface area contributed by atoms with Gasteiger partial charge in [0.05, 0.1) is 11.1 Å². The quantitative estimate of drug-likeness (QED) is 0.489. The Morgan fingerprint density at radius 2 is 1.86 bits per heavy atom. The zero-order chi connectivity index (χ0) is 26.1. The van der Waals surface area contributed by atoms with Gasteiger partial charge in [-0.25, -0.2) is 18.2 Å². The van der Waals surface area contributed by atoms with Gasteiger partial charge in [0, 0.05) is 25.9 Å². The van der Waals surface area contributed by atoms with E-state index >= 15 is 0 Å². The fourth-order valence-electron chi connectivity index (χ4n) is 3.51. The molecule has 1 atom stereocenters. The van der Waals surface area contributed by atoms with Gasteiger partial charge in [-0.15, -0.1) is 0 Å². The van der Waals surface area contributed by atoms with Crippen molar-refractivity contribution in [1.29, 1.82) is 0 Å². The van der Waals surface area contributed by atoms with Crippen LogP contribution in [0, 0.1) is 17.6 Å². The molecule has 188 valence electrons. The number of hydrogen-bond donors (Lipinski definition) is 1. The van der Waals surface area contributed by atoms with Gasteiger partial charge in [-0.2, -0.15) is 13.2 Å². The molecular weight excluding hydrogens is 478 g/mol. The van der Waals surface area contributed by atoms with Crippen molar-refractivity contribution in [2.75, 3.05) is 25.2 Å². The summed E-state index contributed by atoms with van der Waals surface area (Å²) in [6.07, 6.45) is -3.92. The molecule has 3 rings (SSSR count). The summed E-state index contributed by atoms with van der Waals surface area (Å²) in [5.41, 5.74) is -2.09. The lowest BCUT2D eigenvalue weighted by Crippen LogP contribution is -2.49. The normalized spacial score (nSPS) is 12.7. The van der Waals surface area contributed by atoms with E-state index in [2.05, 4.69) is 4.98 Å². The van der Waals surface area contributed by atoms with Crippen LogP contribution in [0.4, 0.5) is 32.2 Å². The number of anilines is 1. The number of benzene rings is 1. The summed E-state index contributed by atoms with van der Waals surface area (Å²) in [5.74, 6) is -4.11. The second-order valence-electron chi connectivity index (χ2n) is 8.23. The molecule has 0 saturated carbocycles. The topological polar surface area (TPSA) is 67.2 Å². The smallest absolute Gasteiger partial charge is 0.357 e. The van der Waals surface area contributed by atoms with Gasteiger partial charge in [0.25, 0.3) is 5.91 Å². The van der Waals surface area contributed by atoms with Crippen LogP contribution < -0.4 is 15.6 Å². The molecule has 1 aromatic carbocycles. The lowest BCUT2D eigenvalue weighted by molar-refractivity contribution is -0.162. The fraction of sp³-hybridized carbons (Fsp3) is 0.348. The Labute approximate surface area is 196 Å². The predicted octanol–water partition coefficient (Wildman–Crippen LogP) is 4.39. The second-order valence-corrected chi connectivity index (χ2v) is 8.23. The SMILES string of the molecule is CC(C)C(NC(=O)c1cn(-c2ccc(F)cc2F)c2nc(N(C)CCF)ccc2c1=O)C(F)(F)F. The van der Waals surface area contributed by atoms with E-state index in [4.69, 9.17) is 0 Å². The zero-order valence-electron chi connectivity index (χ0n) is 19.0. The number of rotatable bonds is 7. The van der Waals surface area contributed by atoms with Gasteiger partial charge >= 0.3 is 6.18 Å². The van der Waals surface area contributed by atoms with Crippen LogP contribution in [0.1, 0.15) is 24.2 Å². The van der Waals surface area contributed by atoms with E-state index in [-0.39, 0.29) is 29.1 Å². The van der Waals surface area contributed by atoms with Crippen molar-refractivity contribution in [3.8, 4) is 5.69 Å². The number of carbonyl (C=O) groups excluding carboxylic acids is 1. The van der Waals surface area contributed by atoms with Crippen LogP contribution in [0.25, 0.3) is 16.7 Å². The molecule has 0 aliphatic rings. The maximum absolute atomic E-state index is 14.7. The molecule has 0 saturated heterocycles. The minimum absolute atomic E-state index is 0.0395. The number of nitrogens with one attached hydrogen (secondary N) is 1. The molecule has 0 bridgehead atoms. The van der Waals surface area contributed by atoms with Crippen LogP contribution in [0.5, 0.6) is 0 Å². The summed E-state index contributed by atoms with van der Waals surface area (Å²) in [6, 6.07) is 2.90. The summed E-state index contributed by atoms with van der Waals surface area (Å²) in [7, 11) is 1.53. The van der Waals surface area contributed by atoms with Crippen LogP contribution in [-0.2, 0) is 0 Å². The Bertz CT molecular complexity index is 1310. The summed E-state index contributed by atoms with van der Waals surface area (Å²) in [6.45, 7) is 1.77. The Balaban J connectivity index is 2.26. The van der Waals surface area contributed by atoms with Crippen molar-refractivity contribution < 1.29 is 31.1 Å². The number of carbonyl (C=O) groups is 1. The molecule has 12 heteroatoms. The maximum atomic E-state index is 14.7. The number of alkyl halides is 4. The Morgan fingerprint density at radius 3 is 2.43 bits per heavy atom. The van der Waals surface area contributed by atoms with Crippen LogP contribution in [0.15, 0.2) is 41.3 Å². The van der Waals surface area contributed by atoms with Crippen molar-refractivity contribution in [2.24, 2.45) is 5.92 Å². The Kier molecular flexibility index (Phi) is 7.41. The van der Waals surface area contributed by atoms with E-state index < -0.39 is 53.3 Å². The van der Waals surface area contributed by atoms with E-state index in [0.29, 0.717) is 6.07 Å². The molecule has 2 heterocycles. The first-order valence-electron chi connectivity index (χ1n) is 10.5. The molecule has 0 radical (unpaired) electrons. The van der Waals surface area contributed by atoms with Crippen molar-refractivity contribution in [3.05, 3.63) is 63.9 Å². The van der Waals surface area contributed by atoms with E-state index in [9.17, 15) is 35.9 Å². The predicted molar refractivity (Wildman–Crippen MR) is 119 cm³/mol. The summed E-state index contributed by atoms with van der Waals surface area (Å²) < 4.78 is 82.1. The van der Waals surface area contributed by atoms with Gasteiger partial charge in [0.15, 0.2) is 5.65 Å². The summed E-state index contributed by atoms with van der Waals surface area (Å²) in [4.78, 5) is 31.6. The van der Waals surface area contributed by atoms with Crippen molar-refractivity contribution in [1.82, 2.24) is 14.9 Å². The van der Waals surface area contributed by atoms with E-state index in [1.165, 1.54) is 37.9 Å². The largest absolute Gasteiger partial charge is 0.408 e. The van der Waals surface area contributed by atoms with Gasteiger partial charge in [-0.1, -0.05) is 13.8 Å². The van der Waals surface area contributed by atoms with E-state index in [1.807, 2.05) is 5.32 Å². The molecule has 2 aromatic heterocycles. The van der Waals surface area contributed by atoms with Crippen LogP contribution in [-0.4, -0.2) is 47.9 Å². The molecule has 0 fully saturated rings. The van der Waals surface area contributed by atoms with Crippen molar-refractivity contribution >= 4 is 22.8 Å². The number of aromatic nitrogens is 2. The fourth-order valence-corrected chi connectivity index (χ4v) is 3.51. The summed E-state index contributed by atoms with van der Waals surface area (Å²) in [5, 5.41) is 1.62. The van der Waals surface area contributed by atoms with Gasteiger partial charge < -0.3 is 10.2 Å². The number of nitrogens with zero attached hydrogens (tertiary/aromatic N) is 3. The third-order valence-electron chi connectivity index (χ3n) is 5.37. The number of hydrogen-bond acceptors (Lipinski definition) is 4. The van der Waals surface area contributed by atoms with Crippen molar-refractivity contribution in [3.63, 3.8) is 0 Å². The third kappa shape index (κ3) is 5.41. The molecule has 6 nitrogen and oxygen atoms in total. The Morgan fingerprint density at radius 1 is 1.17 bits per heavy atom. The second kappa shape index (κ2) is 9.96. The maximum Gasteiger partial charge on any atom is 0.408 e. The monoisotopic (exact) mass is 500 g/mol. The standard InChI is InChI=1S/C23H22F6N4O2/c1-12(2)20(23(27,28)29)31-22(35)15-11-33(17-6-4-13(25)10-16(17)26)21-14(19(15)34)5-7-18(30-21)32(3)9-8-24/h4-7,10-12,20H,8-9H2,1-3H3,(H,31,35). The molecule has 0 aliphatic heterocycles. The highest BCUT2D eigenvalue weighted by Crippen LogP contribution is 2.26. The average Bonchev–Trinajstić information content (AvgIpc) is 2.77. The molecule has 1 unspecified atom stereocenters. The average molecular weight is 500 g/mol. The van der Waals surface area contributed by atoms with Gasteiger partial charge in [-0.3, -0.25) is 14.2 Å². The van der Waals surface area contributed by atoms with Crippen LogP contribution >= 0.6 is 0 Å². The highest BCUT2D eigenvalue weighted by molar-refractivity contribution is 5.97. The highest BCUT2D eigenvalue weighted by Gasteiger charge is 2.43. The molecule has 3 aromatic rings. The molecule has 0 aliphatic carbocycles. The van der Waals surface area contributed by atoms with Crippen LogP contribution in [0.2, 0.25) is 0 Å². The molecule has 1 N–H and O–H groups in total. The number of fused-ring (bicyclic) bond motifs is 1. The van der Waals surface area contributed by atoms with Gasteiger partial charge in [-0.05, 0) is 30.2 Å². The minimum atomic E-state index is -4.78. The lowest BCUT2D eigenvalue weighted by atomic mass is 10.0. The Hall–Kier alpha value is -3.57. The van der Waals surface area contributed by atoms with Crippen LogP contribution in [0.3, 0.4) is 0 Å². The van der Waals surface area contributed by atoms with Gasteiger partial charge in [0.2, 0.25) is 5.43 Å². The first-order chi connectivity index (χ1) is 16.3. The molecule has 0 spiro atoms. The van der Waals surface area contributed by atoms with E-state index in [1.54, 1.807) is 0 Å². The molecule has 1 amide bonds. The van der Waals surface area contributed by atoms with Gasteiger partial charge in [0.1, 0.15) is 35.7 Å². The molecular formula is C23H22F6N4O2. The first kappa shape index (κ1) is 26.0. The number of halogens is 6. The highest BCUT2D eigenvalue weighted by atomic mass is 19.4. The van der Waals surface area contributed by atoms with E-state index in [0.717, 1.165) is 22.9 Å².